The van der Waals surface area contributed by atoms with Crippen molar-refractivity contribution in [1.29, 1.82) is 0 Å². The molecule has 0 saturated heterocycles. The average molecular weight is 422 g/mol. The molecule has 0 amide bonds. The highest BCUT2D eigenvalue weighted by atomic mass is 35.5. The van der Waals surface area contributed by atoms with Gasteiger partial charge in [0.05, 0.1) is 21.8 Å². The van der Waals surface area contributed by atoms with Crippen LogP contribution in [0.1, 0.15) is 31.0 Å². The lowest BCUT2D eigenvalue weighted by Gasteiger charge is -2.11. The highest BCUT2D eigenvalue weighted by Gasteiger charge is 2.33. The predicted molar refractivity (Wildman–Crippen MR) is 104 cm³/mol. The molecule has 1 aliphatic rings. The van der Waals surface area contributed by atoms with Crippen molar-refractivity contribution in [3.8, 4) is 0 Å². The van der Waals surface area contributed by atoms with Crippen molar-refractivity contribution in [3.63, 3.8) is 0 Å². The maximum Gasteiger partial charge on any atom is 0.188 e. The molecule has 0 aromatic carbocycles. The van der Waals surface area contributed by atoms with Gasteiger partial charge in [0.1, 0.15) is 10.0 Å². The summed E-state index contributed by atoms with van der Waals surface area (Å²) < 4.78 is 28.2. The predicted octanol–water partition coefficient (Wildman–Crippen LogP) is 3.68. The molecule has 0 aliphatic heterocycles. The Balaban J connectivity index is 1.41. The number of aromatic nitrogens is 5. The van der Waals surface area contributed by atoms with E-state index in [-0.39, 0.29) is 17.6 Å². The number of nitrogens with one attached hydrogen (secondary N) is 1. The second-order valence-electron chi connectivity index (χ2n) is 6.94. The fraction of sp³-hybridized carbons (Fsp3) is 0.353. The minimum Gasteiger partial charge on any atom is -0.345 e. The highest BCUT2D eigenvalue weighted by Crippen LogP contribution is 2.40. The summed E-state index contributed by atoms with van der Waals surface area (Å²) in [5.41, 5.74) is 2.44. The number of halogens is 1. The van der Waals surface area contributed by atoms with E-state index in [4.69, 9.17) is 11.6 Å². The molecule has 7 nitrogen and oxygen atoms in total. The van der Waals surface area contributed by atoms with Crippen molar-refractivity contribution < 1.29 is 8.42 Å². The van der Waals surface area contributed by atoms with Crippen LogP contribution in [-0.4, -0.2) is 38.7 Å². The van der Waals surface area contributed by atoms with Crippen molar-refractivity contribution in [1.82, 2.24) is 24.6 Å². The monoisotopic (exact) mass is 421 g/mol. The normalized spacial score (nSPS) is 20.8. The Morgan fingerprint density at radius 3 is 2.96 bits per heavy atom. The molecule has 0 radical (unpaired) electrons. The number of hydrogen-bond acceptors (Lipinski definition) is 6. The Morgan fingerprint density at radius 1 is 1.26 bits per heavy atom. The summed E-state index contributed by atoms with van der Waals surface area (Å²) >= 11 is 7.02. The van der Waals surface area contributed by atoms with E-state index in [2.05, 4.69) is 20.2 Å². The first kappa shape index (κ1) is 17.2. The molecule has 2 atom stereocenters. The van der Waals surface area contributed by atoms with E-state index < -0.39 is 9.84 Å². The van der Waals surface area contributed by atoms with Crippen LogP contribution in [0.25, 0.3) is 16.8 Å². The first-order valence-electron chi connectivity index (χ1n) is 8.66. The summed E-state index contributed by atoms with van der Waals surface area (Å²) in [6.45, 7) is 0. The van der Waals surface area contributed by atoms with Crippen LogP contribution >= 0.6 is 22.9 Å². The lowest BCUT2D eigenvalue weighted by Crippen LogP contribution is -2.13. The zero-order valence-electron chi connectivity index (χ0n) is 14.2. The fourth-order valence-electron chi connectivity index (χ4n) is 3.98. The molecule has 0 spiro atoms. The molecular weight excluding hydrogens is 406 g/mol. The zero-order chi connectivity index (χ0) is 18.6. The van der Waals surface area contributed by atoms with Crippen LogP contribution in [0.4, 0.5) is 0 Å². The van der Waals surface area contributed by atoms with Crippen LogP contribution < -0.4 is 0 Å². The third-order valence-electron chi connectivity index (χ3n) is 5.18. The molecule has 4 aromatic rings. The van der Waals surface area contributed by atoms with E-state index in [1.54, 1.807) is 18.3 Å². The van der Waals surface area contributed by atoms with Gasteiger partial charge in [-0.1, -0.05) is 11.6 Å². The van der Waals surface area contributed by atoms with Crippen LogP contribution in [0.2, 0.25) is 4.34 Å². The molecule has 140 valence electrons. The quantitative estimate of drug-likeness (QED) is 0.542. The van der Waals surface area contributed by atoms with Crippen LogP contribution in [0.3, 0.4) is 0 Å². The van der Waals surface area contributed by atoms with E-state index >= 15 is 0 Å². The first-order valence-corrected chi connectivity index (χ1v) is 11.5. The smallest absolute Gasteiger partial charge is 0.188 e. The van der Waals surface area contributed by atoms with Gasteiger partial charge < -0.3 is 4.98 Å². The summed E-state index contributed by atoms with van der Waals surface area (Å²) in [7, 11) is -3.31. The topological polar surface area (TPSA) is 93.0 Å². The number of H-pyrrole nitrogens is 1. The van der Waals surface area contributed by atoms with Crippen LogP contribution in [-0.2, 0) is 9.84 Å². The van der Waals surface area contributed by atoms with Gasteiger partial charge in [-0.05, 0) is 43.4 Å². The molecule has 5 rings (SSSR count). The molecule has 0 bridgehead atoms. The van der Waals surface area contributed by atoms with E-state index in [9.17, 15) is 8.42 Å². The van der Waals surface area contributed by atoms with Gasteiger partial charge in [-0.2, -0.15) is 0 Å². The van der Waals surface area contributed by atoms with E-state index in [0.29, 0.717) is 14.2 Å². The van der Waals surface area contributed by atoms with Crippen molar-refractivity contribution in [3.05, 3.63) is 40.8 Å². The number of aromatic amines is 1. The summed E-state index contributed by atoms with van der Waals surface area (Å²) in [5, 5.41) is 8.64. The first-order chi connectivity index (χ1) is 13.0. The lowest BCUT2D eigenvalue weighted by molar-refractivity contribution is 0.551. The molecular formula is C17H16ClN5O2S2. The summed E-state index contributed by atoms with van der Waals surface area (Å²) in [4.78, 5) is 7.44. The van der Waals surface area contributed by atoms with Crippen LogP contribution in [0, 0.1) is 5.92 Å². The summed E-state index contributed by atoms with van der Waals surface area (Å²) in [6.07, 6.45) is 6.09. The molecule has 4 heterocycles. The van der Waals surface area contributed by atoms with Crippen molar-refractivity contribution in [2.24, 2.45) is 5.92 Å². The van der Waals surface area contributed by atoms with E-state index in [0.717, 1.165) is 47.6 Å². The van der Waals surface area contributed by atoms with Crippen molar-refractivity contribution >= 4 is 49.6 Å². The minimum absolute atomic E-state index is 0.108. The average Bonchev–Trinajstić information content (AvgIpc) is 3.39. The second kappa shape index (κ2) is 6.29. The molecule has 1 N–H and O–H groups in total. The van der Waals surface area contributed by atoms with Gasteiger partial charge in [0.25, 0.3) is 0 Å². The van der Waals surface area contributed by atoms with E-state index in [1.165, 1.54) is 0 Å². The van der Waals surface area contributed by atoms with Gasteiger partial charge in [-0.15, -0.1) is 21.5 Å². The Bertz CT molecular complexity index is 1240. The van der Waals surface area contributed by atoms with Crippen LogP contribution in [0.5, 0.6) is 0 Å². The molecule has 10 heteroatoms. The molecule has 1 aliphatic carbocycles. The molecule has 0 unspecified atom stereocenters. The van der Waals surface area contributed by atoms with Gasteiger partial charge in [0.15, 0.2) is 21.1 Å². The third-order valence-corrected chi connectivity index (χ3v) is 8.88. The Kier molecular flexibility index (Phi) is 3.99. The second-order valence-corrected chi connectivity index (χ2v) is 10.9. The SMILES string of the molecule is O=S(=O)(C[C@H]1CC[C@@H](c2nnc3cnc4[nH]ccc4n23)C1)c1ccc(Cl)s1. The minimum atomic E-state index is -3.31. The fourth-order valence-corrected chi connectivity index (χ4v) is 7.24. The number of nitrogens with zero attached hydrogens (tertiary/aromatic N) is 4. The number of hydrogen-bond donors (Lipinski definition) is 1. The maximum absolute atomic E-state index is 12.7. The van der Waals surface area contributed by atoms with Gasteiger partial charge in [0.2, 0.25) is 0 Å². The van der Waals surface area contributed by atoms with Gasteiger partial charge in [0, 0.05) is 12.1 Å². The number of rotatable bonds is 4. The highest BCUT2D eigenvalue weighted by molar-refractivity contribution is 7.93. The zero-order valence-corrected chi connectivity index (χ0v) is 16.6. The third kappa shape index (κ3) is 2.94. The Hall–Kier alpha value is -1.97. The number of thiophene rings is 1. The molecule has 1 saturated carbocycles. The largest absolute Gasteiger partial charge is 0.345 e. The van der Waals surface area contributed by atoms with Crippen molar-refractivity contribution in [2.75, 3.05) is 5.75 Å². The van der Waals surface area contributed by atoms with E-state index in [1.807, 2.05) is 16.7 Å². The Morgan fingerprint density at radius 2 is 2.15 bits per heavy atom. The molecule has 1 fully saturated rings. The molecule has 27 heavy (non-hydrogen) atoms. The van der Waals surface area contributed by atoms with Crippen LogP contribution in [0.15, 0.2) is 34.8 Å². The maximum atomic E-state index is 12.7. The number of fused-ring (bicyclic) bond motifs is 3. The van der Waals surface area contributed by atoms with Crippen molar-refractivity contribution in [2.45, 2.75) is 29.4 Å². The summed E-state index contributed by atoms with van der Waals surface area (Å²) in [6, 6.07) is 5.19. The lowest BCUT2D eigenvalue weighted by atomic mass is 10.1. The summed E-state index contributed by atoms with van der Waals surface area (Å²) in [5.74, 6) is 1.33. The van der Waals surface area contributed by atoms with Gasteiger partial charge >= 0.3 is 0 Å². The molecule has 4 aromatic heterocycles. The number of sulfone groups is 1. The van der Waals surface area contributed by atoms with Gasteiger partial charge in [-0.3, -0.25) is 4.40 Å². The Labute approximate surface area is 164 Å². The standard InChI is InChI=1S/C17H16ClN5O2S2/c18-13-3-4-15(26-13)27(24,25)9-10-1-2-11(7-10)17-22-21-14-8-20-16-12(23(14)17)5-6-19-16/h3-6,8,10-11,19H,1-2,7,9H2/t10-,11+/m0/s1. The van der Waals surface area contributed by atoms with Gasteiger partial charge in [-0.25, -0.2) is 13.4 Å².